The van der Waals surface area contributed by atoms with E-state index in [-0.39, 0.29) is 24.8 Å². The first-order chi connectivity index (χ1) is 10.4. The normalized spacial score (nSPS) is 13.2. The number of carbonyl (C=O) groups is 3. The molecule has 22 heavy (non-hydrogen) atoms. The number of hydroxylamine groups is 1. The highest BCUT2D eigenvalue weighted by atomic mass is 32.1. The van der Waals surface area contributed by atoms with E-state index in [2.05, 4.69) is 12.6 Å². The Labute approximate surface area is 132 Å². The topological polar surface area (TPSA) is 124 Å². The number of carboxylic acid groups (broad SMARTS) is 2. The number of carboxylic acids is 2. The van der Waals surface area contributed by atoms with Crippen molar-refractivity contribution in [2.45, 2.75) is 24.5 Å². The van der Waals surface area contributed by atoms with Gasteiger partial charge in [0.05, 0.1) is 11.5 Å². The molecule has 0 saturated carbocycles. The van der Waals surface area contributed by atoms with Crippen LogP contribution in [0.3, 0.4) is 0 Å². The van der Waals surface area contributed by atoms with Gasteiger partial charge >= 0.3 is 11.9 Å². The number of aromatic carboxylic acids is 1. The zero-order chi connectivity index (χ0) is 16.7. The molecule has 1 aromatic rings. The van der Waals surface area contributed by atoms with Crippen LogP contribution in [0.15, 0.2) is 24.3 Å². The van der Waals surface area contributed by atoms with E-state index in [1.165, 1.54) is 23.7 Å². The van der Waals surface area contributed by atoms with Gasteiger partial charge in [-0.2, -0.15) is 12.6 Å². The summed E-state index contributed by atoms with van der Waals surface area (Å²) < 4.78 is 0. The van der Waals surface area contributed by atoms with Crippen molar-refractivity contribution < 1.29 is 29.8 Å². The average molecular weight is 327 g/mol. The van der Waals surface area contributed by atoms with E-state index in [0.29, 0.717) is 5.56 Å². The number of thiol groups is 1. The van der Waals surface area contributed by atoms with Gasteiger partial charge in [0.2, 0.25) is 5.91 Å². The Bertz CT molecular complexity index is 562. The van der Waals surface area contributed by atoms with Crippen LogP contribution in [0.4, 0.5) is 0 Å². The number of amides is 1. The van der Waals surface area contributed by atoms with Gasteiger partial charge in [-0.3, -0.25) is 14.8 Å². The third-order valence-corrected chi connectivity index (χ3v) is 3.88. The molecule has 0 bridgehead atoms. The van der Waals surface area contributed by atoms with Crippen LogP contribution in [0, 0.1) is 5.92 Å². The van der Waals surface area contributed by atoms with Crippen molar-refractivity contribution in [1.82, 2.24) is 5.48 Å². The number of carbonyl (C=O) groups excluding carboxylic acids is 1. The highest BCUT2D eigenvalue weighted by Gasteiger charge is 2.27. The minimum atomic E-state index is -1.10. The summed E-state index contributed by atoms with van der Waals surface area (Å²) >= 11 is 4.29. The third-order valence-electron chi connectivity index (χ3n) is 3.22. The molecule has 2 atom stereocenters. The highest BCUT2D eigenvalue weighted by molar-refractivity contribution is 7.80. The maximum atomic E-state index is 11.4. The molecule has 1 aromatic carbocycles. The fraction of sp³-hybridized carbons (Fsp3) is 0.357. The van der Waals surface area contributed by atoms with Gasteiger partial charge in [-0.1, -0.05) is 12.1 Å². The molecule has 0 aromatic heterocycles. The number of nitrogens with one attached hydrogen (secondary N) is 1. The standard InChI is InChI=1S/C14H17NO6S/c16-11(15-21)6-2-5-10(14(19)20)12(22)8-3-1-4-9(7-8)13(17)18/h1,3-4,7,10,12,21-22H,2,5-6H2,(H,15,16)(H,17,18)(H,19,20). The summed E-state index contributed by atoms with van der Waals surface area (Å²) in [6.07, 6.45) is 0.434. The quantitative estimate of drug-likeness (QED) is 0.281. The van der Waals surface area contributed by atoms with Crippen LogP contribution >= 0.6 is 12.6 Å². The summed E-state index contributed by atoms with van der Waals surface area (Å²) in [6, 6.07) is 5.94. The molecule has 120 valence electrons. The molecule has 1 rings (SSSR count). The number of hydrogen-bond acceptors (Lipinski definition) is 5. The van der Waals surface area contributed by atoms with Gasteiger partial charge in [-0.05, 0) is 30.5 Å². The van der Waals surface area contributed by atoms with Gasteiger partial charge in [0.1, 0.15) is 0 Å². The zero-order valence-electron chi connectivity index (χ0n) is 11.6. The molecule has 7 nitrogen and oxygen atoms in total. The number of aliphatic carboxylic acids is 1. The maximum absolute atomic E-state index is 11.4. The molecule has 0 spiro atoms. The van der Waals surface area contributed by atoms with E-state index in [9.17, 15) is 19.5 Å². The summed E-state index contributed by atoms with van der Waals surface area (Å²) in [5.74, 6) is -3.65. The minimum Gasteiger partial charge on any atom is -0.481 e. The molecule has 4 N–H and O–H groups in total. The van der Waals surface area contributed by atoms with Crippen LogP contribution in [-0.4, -0.2) is 33.3 Å². The van der Waals surface area contributed by atoms with Crippen molar-refractivity contribution in [2.24, 2.45) is 5.92 Å². The van der Waals surface area contributed by atoms with E-state index in [4.69, 9.17) is 10.3 Å². The SMILES string of the molecule is O=C(CCCC(C(=O)O)C(S)c1cccc(C(=O)O)c1)NO. The molecule has 0 aliphatic heterocycles. The van der Waals surface area contributed by atoms with Crippen LogP contribution in [0.2, 0.25) is 0 Å². The largest absolute Gasteiger partial charge is 0.481 e. The van der Waals surface area contributed by atoms with Crippen molar-refractivity contribution in [2.75, 3.05) is 0 Å². The second-order valence-corrected chi connectivity index (χ2v) is 5.30. The van der Waals surface area contributed by atoms with E-state index >= 15 is 0 Å². The lowest BCUT2D eigenvalue weighted by Crippen LogP contribution is -2.22. The van der Waals surface area contributed by atoms with Crippen LogP contribution in [-0.2, 0) is 9.59 Å². The molecular formula is C14H17NO6S. The lowest BCUT2D eigenvalue weighted by Gasteiger charge is -2.20. The maximum Gasteiger partial charge on any atom is 0.335 e. The second kappa shape index (κ2) is 8.40. The van der Waals surface area contributed by atoms with Gasteiger partial charge < -0.3 is 10.2 Å². The minimum absolute atomic E-state index is 0.00402. The summed E-state index contributed by atoms with van der Waals surface area (Å²) in [7, 11) is 0. The fourth-order valence-electron chi connectivity index (χ4n) is 2.04. The van der Waals surface area contributed by atoms with Crippen LogP contribution in [0.1, 0.15) is 40.4 Å². The molecule has 0 heterocycles. The molecule has 0 fully saturated rings. The first kappa shape index (κ1) is 18.0. The lowest BCUT2D eigenvalue weighted by atomic mass is 9.92. The molecule has 8 heteroatoms. The molecule has 1 amide bonds. The van der Waals surface area contributed by atoms with Crippen molar-refractivity contribution in [3.8, 4) is 0 Å². The Morgan fingerprint density at radius 1 is 1.23 bits per heavy atom. The first-order valence-corrected chi connectivity index (χ1v) is 7.05. The van der Waals surface area contributed by atoms with Crippen molar-refractivity contribution in [3.05, 3.63) is 35.4 Å². The Hall–Kier alpha value is -2.06. The monoisotopic (exact) mass is 327 g/mol. The molecule has 0 radical (unpaired) electrons. The van der Waals surface area contributed by atoms with Gasteiger partial charge in [0.15, 0.2) is 0 Å². The Morgan fingerprint density at radius 2 is 1.91 bits per heavy atom. The predicted molar refractivity (Wildman–Crippen MR) is 80.0 cm³/mol. The summed E-state index contributed by atoms with van der Waals surface area (Å²) in [4.78, 5) is 33.2. The fourth-order valence-corrected chi connectivity index (χ4v) is 2.48. The van der Waals surface area contributed by atoms with Gasteiger partial charge in [-0.25, -0.2) is 10.3 Å². The van der Waals surface area contributed by atoms with Crippen LogP contribution in [0.25, 0.3) is 0 Å². The van der Waals surface area contributed by atoms with E-state index in [1.54, 1.807) is 6.07 Å². The predicted octanol–water partition coefficient (Wildman–Crippen LogP) is 1.73. The Kier molecular flexibility index (Phi) is 6.87. The highest BCUT2D eigenvalue weighted by Crippen LogP contribution is 2.32. The summed E-state index contributed by atoms with van der Waals surface area (Å²) in [5, 5.41) is 25.9. The first-order valence-electron chi connectivity index (χ1n) is 6.54. The molecular weight excluding hydrogens is 310 g/mol. The van der Waals surface area contributed by atoms with Gasteiger partial charge in [0.25, 0.3) is 0 Å². The van der Waals surface area contributed by atoms with E-state index in [0.717, 1.165) is 0 Å². The average Bonchev–Trinajstić information content (AvgIpc) is 2.50. The number of hydrogen-bond donors (Lipinski definition) is 5. The summed E-state index contributed by atoms with van der Waals surface area (Å²) in [5.41, 5.74) is 2.02. The Morgan fingerprint density at radius 3 is 2.45 bits per heavy atom. The molecule has 0 saturated heterocycles. The van der Waals surface area contributed by atoms with Crippen LogP contribution < -0.4 is 5.48 Å². The van der Waals surface area contributed by atoms with Gasteiger partial charge in [-0.15, -0.1) is 0 Å². The zero-order valence-corrected chi connectivity index (χ0v) is 12.5. The van der Waals surface area contributed by atoms with Gasteiger partial charge in [0, 0.05) is 11.7 Å². The van der Waals surface area contributed by atoms with E-state index < -0.39 is 29.0 Å². The molecule has 2 unspecified atom stereocenters. The van der Waals surface area contributed by atoms with Crippen LogP contribution in [0.5, 0.6) is 0 Å². The second-order valence-electron chi connectivity index (χ2n) is 4.75. The number of rotatable bonds is 8. The van der Waals surface area contributed by atoms with Crippen molar-refractivity contribution in [1.29, 1.82) is 0 Å². The third kappa shape index (κ3) is 5.05. The van der Waals surface area contributed by atoms with Crippen molar-refractivity contribution in [3.63, 3.8) is 0 Å². The number of benzene rings is 1. The molecule has 0 aliphatic rings. The van der Waals surface area contributed by atoms with E-state index in [1.807, 2.05) is 0 Å². The Balaban J connectivity index is 2.82. The van der Waals surface area contributed by atoms with Crippen molar-refractivity contribution >= 4 is 30.5 Å². The lowest BCUT2D eigenvalue weighted by molar-refractivity contribution is -0.142. The smallest absolute Gasteiger partial charge is 0.335 e. The molecule has 0 aliphatic carbocycles. The summed E-state index contributed by atoms with van der Waals surface area (Å²) in [6.45, 7) is 0.